The summed E-state index contributed by atoms with van der Waals surface area (Å²) in [6.45, 7) is 15.1. The second-order valence-corrected chi connectivity index (χ2v) is 12.0. The molecule has 0 heterocycles. The maximum atomic E-state index is 14.6. The molecule has 226 valence electrons. The zero-order valence-corrected chi connectivity index (χ0v) is 25.7. The Balaban J connectivity index is 2.66. The van der Waals surface area contributed by atoms with Gasteiger partial charge in [0.2, 0.25) is 11.8 Å². The number of nitrogens with zero attached hydrogens (tertiary/aromatic N) is 1. The van der Waals surface area contributed by atoms with E-state index in [-0.39, 0.29) is 23.8 Å². The van der Waals surface area contributed by atoms with E-state index >= 15 is 0 Å². The van der Waals surface area contributed by atoms with Crippen molar-refractivity contribution in [3.05, 3.63) is 59.2 Å². The molecule has 2 aromatic rings. The summed E-state index contributed by atoms with van der Waals surface area (Å²) >= 11 is 0. The number of hydrogen-bond acceptors (Lipinski definition) is 6. The lowest BCUT2D eigenvalue weighted by atomic mass is 9.90. The highest BCUT2D eigenvalue weighted by Crippen LogP contribution is 2.34. The predicted molar refractivity (Wildman–Crippen MR) is 160 cm³/mol. The van der Waals surface area contributed by atoms with Gasteiger partial charge in [-0.2, -0.15) is 0 Å². The molecule has 0 bridgehead atoms. The van der Waals surface area contributed by atoms with E-state index in [0.29, 0.717) is 29.7 Å². The molecule has 9 heteroatoms. The van der Waals surface area contributed by atoms with Crippen LogP contribution in [0.25, 0.3) is 0 Å². The molecule has 0 radical (unpaired) electrons. The molecule has 9 nitrogen and oxygen atoms in total. The average molecular weight is 570 g/mol. The number of rotatable bonds is 12. The van der Waals surface area contributed by atoms with Crippen LogP contribution in [0.4, 0.5) is 4.79 Å². The van der Waals surface area contributed by atoms with Crippen LogP contribution in [-0.4, -0.2) is 56.7 Å². The molecule has 3 amide bonds. The molecule has 2 rings (SSSR count). The maximum absolute atomic E-state index is 14.6. The molecule has 0 aliphatic rings. The highest BCUT2D eigenvalue weighted by Gasteiger charge is 2.43. The van der Waals surface area contributed by atoms with Gasteiger partial charge in [-0.1, -0.05) is 38.5 Å². The number of aryl methyl sites for hydroxylation is 1. The fourth-order valence-electron chi connectivity index (χ4n) is 4.38. The van der Waals surface area contributed by atoms with Crippen LogP contribution in [0, 0.1) is 6.92 Å². The smallest absolute Gasteiger partial charge is 0.408 e. The third kappa shape index (κ3) is 9.69. The number of unbranched alkanes of at least 4 members (excludes halogenated alkanes) is 1. The largest absolute Gasteiger partial charge is 0.508 e. The lowest BCUT2D eigenvalue weighted by Crippen LogP contribution is -2.60. The average Bonchev–Trinajstić information content (AvgIpc) is 2.88. The Morgan fingerprint density at radius 3 is 2.15 bits per heavy atom. The number of carbonyl (C=O) groups excluding carboxylic acids is 3. The summed E-state index contributed by atoms with van der Waals surface area (Å²) in [6, 6.07) is 9.16. The normalized spacial score (nSPS) is 13.2. The highest BCUT2D eigenvalue weighted by molar-refractivity contribution is 5.93. The minimum atomic E-state index is -1.08. The van der Waals surface area contributed by atoms with E-state index in [2.05, 4.69) is 10.6 Å². The van der Waals surface area contributed by atoms with E-state index < -0.39 is 35.2 Å². The van der Waals surface area contributed by atoms with Gasteiger partial charge in [-0.25, -0.2) is 4.79 Å². The molecule has 2 aromatic carbocycles. The number of aromatic hydroxyl groups is 2. The first-order chi connectivity index (χ1) is 19.1. The van der Waals surface area contributed by atoms with Crippen LogP contribution in [0.5, 0.6) is 11.5 Å². The predicted octanol–water partition coefficient (Wildman–Crippen LogP) is 5.52. The second-order valence-electron chi connectivity index (χ2n) is 12.0. The van der Waals surface area contributed by atoms with Crippen molar-refractivity contribution >= 4 is 17.9 Å². The van der Waals surface area contributed by atoms with Gasteiger partial charge in [-0.3, -0.25) is 9.59 Å². The van der Waals surface area contributed by atoms with E-state index in [9.17, 15) is 24.6 Å². The minimum Gasteiger partial charge on any atom is -0.508 e. The van der Waals surface area contributed by atoms with Crippen LogP contribution in [0.3, 0.4) is 0 Å². The van der Waals surface area contributed by atoms with E-state index in [1.807, 2.05) is 27.7 Å². The van der Waals surface area contributed by atoms with E-state index in [1.165, 1.54) is 18.2 Å². The van der Waals surface area contributed by atoms with Gasteiger partial charge in [0.25, 0.3) is 0 Å². The van der Waals surface area contributed by atoms with Crippen molar-refractivity contribution in [2.75, 3.05) is 6.54 Å². The summed E-state index contributed by atoms with van der Waals surface area (Å²) in [7, 11) is 0. The minimum absolute atomic E-state index is 0.0805. The summed E-state index contributed by atoms with van der Waals surface area (Å²) in [6.07, 6.45) is 1.54. The number of nitrogens with one attached hydrogen (secondary N) is 2. The van der Waals surface area contributed by atoms with E-state index in [4.69, 9.17) is 4.74 Å². The lowest BCUT2D eigenvalue weighted by Gasteiger charge is -2.44. The molecule has 0 aromatic heterocycles. The first kappa shape index (κ1) is 33.5. The van der Waals surface area contributed by atoms with Gasteiger partial charge < -0.3 is 30.5 Å². The Morgan fingerprint density at radius 2 is 1.61 bits per heavy atom. The van der Waals surface area contributed by atoms with E-state index in [0.717, 1.165) is 12.8 Å². The number of carbonyl (C=O) groups is 3. The number of alkyl carbamates (subject to hydrolysis) is 1. The van der Waals surface area contributed by atoms with Crippen molar-refractivity contribution < 1.29 is 29.3 Å². The van der Waals surface area contributed by atoms with Crippen LogP contribution >= 0.6 is 0 Å². The van der Waals surface area contributed by atoms with Gasteiger partial charge in [0, 0.05) is 18.5 Å². The van der Waals surface area contributed by atoms with Gasteiger partial charge in [0.15, 0.2) is 0 Å². The molecule has 0 saturated carbocycles. The van der Waals surface area contributed by atoms with Crippen LogP contribution in [0.2, 0.25) is 0 Å². The van der Waals surface area contributed by atoms with Gasteiger partial charge >= 0.3 is 6.09 Å². The van der Waals surface area contributed by atoms with Crippen LogP contribution in [-0.2, 0) is 20.7 Å². The third-order valence-corrected chi connectivity index (χ3v) is 6.99. The third-order valence-electron chi connectivity index (χ3n) is 6.99. The molecule has 2 unspecified atom stereocenters. The van der Waals surface area contributed by atoms with Gasteiger partial charge in [0.05, 0.1) is 0 Å². The molecule has 41 heavy (non-hydrogen) atoms. The van der Waals surface area contributed by atoms with Gasteiger partial charge in [0.1, 0.15) is 29.2 Å². The summed E-state index contributed by atoms with van der Waals surface area (Å²) in [5, 5.41) is 25.7. The monoisotopic (exact) mass is 569 g/mol. The Hall–Kier alpha value is -3.75. The molecular weight excluding hydrogens is 522 g/mol. The van der Waals surface area contributed by atoms with Gasteiger partial charge in [-0.05, 0) is 95.3 Å². The first-order valence-electron chi connectivity index (χ1n) is 14.3. The number of ether oxygens (including phenoxy) is 1. The quantitative estimate of drug-likeness (QED) is 0.249. The first-order valence-corrected chi connectivity index (χ1v) is 14.3. The Kier molecular flexibility index (Phi) is 11.6. The number of phenols is 2. The summed E-state index contributed by atoms with van der Waals surface area (Å²) in [5.41, 5.74) is 0.228. The molecule has 4 N–H and O–H groups in total. The Bertz CT molecular complexity index is 1190. The molecule has 0 aliphatic carbocycles. The van der Waals surface area contributed by atoms with Crippen molar-refractivity contribution in [2.24, 2.45) is 0 Å². The van der Waals surface area contributed by atoms with Crippen LogP contribution < -0.4 is 10.6 Å². The van der Waals surface area contributed by atoms with Crippen molar-refractivity contribution in [2.45, 2.75) is 104 Å². The molecule has 0 spiro atoms. The van der Waals surface area contributed by atoms with Crippen molar-refractivity contribution in [1.29, 1.82) is 0 Å². The number of hydrogen-bond donors (Lipinski definition) is 4. The zero-order valence-electron chi connectivity index (χ0n) is 25.7. The van der Waals surface area contributed by atoms with E-state index in [1.54, 1.807) is 56.9 Å². The number of benzene rings is 2. The second kappa shape index (κ2) is 14.2. The molecule has 0 saturated heterocycles. The Morgan fingerprint density at radius 1 is 0.976 bits per heavy atom. The number of amides is 3. The summed E-state index contributed by atoms with van der Waals surface area (Å²) < 4.78 is 5.49. The highest BCUT2D eigenvalue weighted by atomic mass is 16.6. The summed E-state index contributed by atoms with van der Waals surface area (Å²) in [4.78, 5) is 42.9. The van der Waals surface area contributed by atoms with Gasteiger partial charge in [-0.15, -0.1) is 0 Å². The van der Waals surface area contributed by atoms with Crippen molar-refractivity contribution in [1.82, 2.24) is 15.5 Å². The zero-order chi connectivity index (χ0) is 31.0. The number of phenolic OH excluding ortho intramolecular Hbond substituents is 2. The van der Waals surface area contributed by atoms with Crippen LogP contribution in [0.15, 0.2) is 42.5 Å². The topological polar surface area (TPSA) is 128 Å². The molecule has 0 aliphatic heterocycles. The standard InChI is InChI=1S/C32H47N3O6/c1-9-11-18-33-28(38)27(23-14-17-26(37)21(3)19-23)35(32(7,8)10-2)29(39)25(34-30(40)41-31(4,5)6)20-22-12-15-24(36)16-13-22/h12-17,19,25,27,36-37H,9-11,18,20H2,1-8H3,(H,33,38)(H,34,40). The summed E-state index contributed by atoms with van der Waals surface area (Å²) in [5.74, 6) is -0.642. The fraction of sp³-hybridized carbons (Fsp3) is 0.531. The molecule has 2 atom stereocenters. The fourth-order valence-corrected chi connectivity index (χ4v) is 4.38. The molecular formula is C32H47N3O6. The SMILES string of the molecule is CCCCNC(=O)C(c1ccc(O)c(C)c1)N(C(=O)C(Cc1ccc(O)cc1)NC(=O)OC(C)(C)C)C(C)(C)CC. The Labute approximate surface area is 244 Å². The van der Waals surface area contributed by atoms with Crippen LogP contribution in [0.1, 0.15) is 90.5 Å². The maximum Gasteiger partial charge on any atom is 0.408 e. The van der Waals surface area contributed by atoms with Crippen molar-refractivity contribution in [3.63, 3.8) is 0 Å². The molecule has 0 fully saturated rings. The lowest BCUT2D eigenvalue weighted by molar-refractivity contribution is -0.149. The van der Waals surface area contributed by atoms with Crippen molar-refractivity contribution in [3.8, 4) is 11.5 Å².